The Morgan fingerprint density at radius 2 is 2.33 bits per heavy atom. The van der Waals surface area contributed by atoms with Crippen molar-refractivity contribution in [3.05, 3.63) is 0 Å². The van der Waals surface area contributed by atoms with Gasteiger partial charge < -0.3 is 10.0 Å². The molecule has 2 saturated heterocycles. The van der Waals surface area contributed by atoms with E-state index in [1.54, 1.807) is 0 Å². The lowest BCUT2D eigenvalue weighted by Gasteiger charge is -2.22. The van der Waals surface area contributed by atoms with Gasteiger partial charge in [-0.05, 0) is 30.6 Å². The van der Waals surface area contributed by atoms with Crippen molar-refractivity contribution >= 4 is 11.8 Å². The van der Waals surface area contributed by atoms with Gasteiger partial charge in [0, 0.05) is 18.8 Å². The van der Waals surface area contributed by atoms with Crippen molar-refractivity contribution in [1.82, 2.24) is 4.90 Å². The number of rotatable bonds is 2. The summed E-state index contributed by atoms with van der Waals surface area (Å²) in [5.74, 6) is 2.71. The molecule has 2 rings (SSSR count). The van der Waals surface area contributed by atoms with Crippen LogP contribution in [-0.2, 0) is 0 Å². The van der Waals surface area contributed by atoms with Crippen LogP contribution in [0.3, 0.4) is 0 Å². The molecule has 1 spiro atoms. The largest absolute Gasteiger partial charge is 0.395 e. The molecule has 0 radical (unpaired) electrons. The standard InChI is InChI=1S/C9H17NOS/c11-5-4-10-3-1-9(7-10)2-6-12-8-9/h11H,1-8H2. The molecule has 12 heavy (non-hydrogen) atoms. The van der Waals surface area contributed by atoms with Crippen molar-refractivity contribution in [1.29, 1.82) is 0 Å². The van der Waals surface area contributed by atoms with Gasteiger partial charge in [-0.3, -0.25) is 0 Å². The molecule has 2 aliphatic rings. The Morgan fingerprint density at radius 3 is 3.00 bits per heavy atom. The lowest BCUT2D eigenvalue weighted by Crippen LogP contribution is -2.29. The molecule has 2 fully saturated rings. The molecule has 0 aromatic carbocycles. The van der Waals surface area contributed by atoms with Crippen LogP contribution < -0.4 is 0 Å². The Bertz CT molecular complexity index is 157. The number of aliphatic hydroxyl groups excluding tert-OH is 1. The number of nitrogens with zero attached hydrogens (tertiary/aromatic N) is 1. The highest BCUT2D eigenvalue weighted by molar-refractivity contribution is 7.99. The normalized spacial score (nSPS) is 36.8. The van der Waals surface area contributed by atoms with Gasteiger partial charge in [-0.15, -0.1) is 0 Å². The number of hydrogen-bond acceptors (Lipinski definition) is 3. The van der Waals surface area contributed by atoms with Gasteiger partial charge in [0.25, 0.3) is 0 Å². The topological polar surface area (TPSA) is 23.5 Å². The molecule has 0 amide bonds. The zero-order chi connectivity index (χ0) is 8.44. The maximum absolute atomic E-state index is 8.81. The van der Waals surface area contributed by atoms with Gasteiger partial charge in [0.1, 0.15) is 0 Å². The number of aliphatic hydroxyl groups is 1. The Kier molecular flexibility index (Phi) is 2.63. The van der Waals surface area contributed by atoms with Crippen LogP contribution in [0, 0.1) is 5.41 Å². The van der Waals surface area contributed by atoms with Crippen molar-refractivity contribution < 1.29 is 5.11 Å². The predicted molar refractivity (Wildman–Crippen MR) is 52.5 cm³/mol. The summed E-state index contributed by atoms with van der Waals surface area (Å²) >= 11 is 2.10. The van der Waals surface area contributed by atoms with Crippen LogP contribution in [0.2, 0.25) is 0 Å². The maximum Gasteiger partial charge on any atom is 0.0558 e. The van der Waals surface area contributed by atoms with E-state index in [-0.39, 0.29) is 0 Å². The minimum absolute atomic E-state index is 0.323. The number of likely N-dealkylation sites (tertiary alicyclic amines) is 1. The van der Waals surface area contributed by atoms with E-state index in [1.807, 2.05) is 0 Å². The van der Waals surface area contributed by atoms with Crippen molar-refractivity contribution in [2.75, 3.05) is 37.7 Å². The molecular formula is C9H17NOS. The second-order valence-corrected chi connectivity index (χ2v) is 5.16. The molecule has 0 aliphatic carbocycles. The van der Waals surface area contributed by atoms with Crippen LogP contribution in [0.25, 0.3) is 0 Å². The summed E-state index contributed by atoms with van der Waals surface area (Å²) in [6.45, 7) is 3.65. The molecule has 0 aromatic rings. The average Bonchev–Trinajstić information content (AvgIpc) is 2.65. The van der Waals surface area contributed by atoms with E-state index < -0.39 is 0 Å². The maximum atomic E-state index is 8.81. The average molecular weight is 187 g/mol. The van der Waals surface area contributed by atoms with E-state index in [9.17, 15) is 0 Å². The SMILES string of the molecule is OCCN1CCC2(CCSC2)C1. The minimum Gasteiger partial charge on any atom is -0.395 e. The van der Waals surface area contributed by atoms with Crippen molar-refractivity contribution in [3.63, 3.8) is 0 Å². The van der Waals surface area contributed by atoms with E-state index in [4.69, 9.17) is 5.11 Å². The Hall–Kier alpha value is 0.270. The highest BCUT2D eigenvalue weighted by atomic mass is 32.2. The fourth-order valence-electron chi connectivity index (χ4n) is 2.33. The van der Waals surface area contributed by atoms with Crippen molar-refractivity contribution in [2.24, 2.45) is 5.41 Å². The van der Waals surface area contributed by atoms with Gasteiger partial charge in [-0.2, -0.15) is 11.8 Å². The van der Waals surface area contributed by atoms with Gasteiger partial charge in [0.15, 0.2) is 0 Å². The smallest absolute Gasteiger partial charge is 0.0558 e. The highest BCUT2D eigenvalue weighted by Gasteiger charge is 2.40. The molecule has 0 bridgehead atoms. The third kappa shape index (κ3) is 1.63. The van der Waals surface area contributed by atoms with E-state index in [1.165, 1.54) is 37.4 Å². The molecule has 2 heterocycles. The highest BCUT2D eigenvalue weighted by Crippen LogP contribution is 2.42. The molecule has 70 valence electrons. The fraction of sp³-hybridized carbons (Fsp3) is 1.00. The summed E-state index contributed by atoms with van der Waals surface area (Å²) in [6.07, 6.45) is 2.76. The van der Waals surface area contributed by atoms with Gasteiger partial charge in [0.05, 0.1) is 6.61 Å². The summed E-state index contributed by atoms with van der Waals surface area (Å²) in [7, 11) is 0. The first kappa shape index (κ1) is 8.85. The Balaban J connectivity index is 1.88. The fourth-order valence-corrected chi connectivity index (χ4v) is 3.87. The lowest BCUT2D eigenvalue weighted by molar-refractivity contribution is 0.206. The zero-order valence-electron chi connectivity index (χ0n) is 7.46. The van der Waals surface area contributed by atoms with E-state index in [0.717, 1.165) is 6.54 Å². The molecule has 0 saturated carbocycles. The van der Waals surface area contributed by atoms with Crippen LogP contribution in [0.4, 0.5) is 0 Å². The van der Waals surface area contributed by atoms with Gasteiger partial charge in [-0.25, -0.2) is 0 Å². The van der Waals surface area contributed by atoms with Gasteiger partial charge in [-0.1, -0.05) is 0 Å². The van der Waals surface area contributed by atoms with Gasteiger partial charge in [0.2, 0.25) is 0 Å². The van der Waals surface area contributed by atoms with E-state index in [2.05, 4.69) is 16.7 Å². The first-order valence-electron chi connectivity index (χ1n) is 4.76. The van der Waals surface area contributed by atoms with Gasteiger partial charge >= 0.3 is 0 Å². The summed E-state index contributed by atoms with van der Waals surface area (Å²) < 4.78 is 0. The summed E-state index contributed by atoms with van der Waals surface area (Å²) in [4.78, 5) is 2.41. The molecule has 2 aliphatic heterocycles. The number of thioether (sulfide) groups is 1. The first-order valence-corrected chi connectivity index (χ1v) is 5.91. The third-order valence-electron chi connectivity index (χ3n) is 3.12. The quantitative estimate of drug-likeness (QED) is 0.692. The molecule has 1 atom stereocenters. The Labute approximate surface area is 78.3 Å². The molecule has 3 heteroatoms. The van der Waals surface area contributed by atoms with Crippen LogP contribution in [0.15, 0.2) is 0 Å². The van der Waals surface area contributed by atoms with E-state index in [0.29, 0.717) is 12.0 Å². The third-order valence-corrected chi connectivity index (χ3v) is 4.43. The molecular weight excluding hydrogens is 170 g/mol. The lowest BCUT2D eigenvalue weighted by atomic mass is 9.87. The first-order chi connectivity index (χ1) is 5.85. The van der Waals surface area contributed by atoms with Crippen LogP contribution in [0.1, 0.15) is 12.8 Å². The number of hydrogen-bond donors (Lipinski definition) is 1. The number of β-amino-alcohol motifs (C(OH)–C–C–N with tert-alkyl or cyclic N) is 1. The molecule has 2 nitrogen and oxygen atoms in total. The van der Waals surface area contributed by atoms with Crippen molar-refractivity contribution in [3.8, 4) is 0 Å². The molecule has 0 aromatic heterocycles. The summed E-state index contributed by atoms with van der Waals surface area (Å²) in [5, 5.41) is 8.81. The summed E-state index contributed by atoms with van der Waals surface area (Å²) in [5.41, 5.74) is 0.639. The van der Waals surface area contributed by atoms with Crippen molar-refractivity contribution in [2.45, 2.75) is 12.8 Å². The summed E-state index contributed by atoms with van der Waals surface area (Å²) in [6, 6.07) is 0. The predicted octanol–water partition coefficient (Wildman–Crippen LogP) is 0.808. The minimum atomic E-state index is 0.323. The van der Waals surface area contributed by atoms with Crippen LogP contribution in [-0.4, -0.2) is 47.8 Å². The zero-order valence-corrected chi connectivity index (χ0v) is 8.28. The second-order valence-electron chi connectivity index (χ2n) is 4.05. The second kappa shape index (κ2) is 3.56. The monoisotopic (exact) mass is 187 g/mol. The Morgan fingerprint density at radius 1 is 1.42 bits per heavy atom. The molecule has 1 unspecified atom stereocenters. The van der Waals surface area contributed by atoms with Crippen LogP contribution in [0.5, 0.6) is 0 Å². The van der Waals surface area contributed by atoms with Crippen LogP contribution >= 0.6 is 11.8 Å². The molecule has 1 N–H and O–H groups in total. The van der Waals surface area contributed by atoms with E-state index >= 15 is 0 Å².